The molecule has 0 bridgehead atoms. The highest BCUT2D eigenvalue weighted by Crippen LogP contribution is 2.21. The lowest BCUT2D eigenvalue weighted by molar-refractivity contribution is -0.922. The van der Waals surface area contributed by atoms with Gasteiger partial charge in [0.1, 0.15) is 0 Å². The van der Waals surface area contributed by atoms with Crippen LogP contribution in [0.4, 0.5) is 5.69 Å². The Balaban J connectivity index is 2.07. The highest BCUT2D eigenvalue weighted by atomic mass is 35.5. The van der Waals surface area contributed by atoms with Gasteiger partial charge in [-0.1, -0.05) is 11.6 Å². The van der Waals surface area contributed by atoms with Gasteiger partial charge < -0.3 is 9.38 Å². The number of benzene rings is 1. The molecule has 0 radical (unpaired) electrons. The molecule has 0 amide bonds. The van der Waals surface area contributed by atoms with Crippen molar-refractivity contribution < 1.29 is 4.48 Å². The monoisotopic (exact) mass is 267 g/mol. The lowest BCUT2D eigenvalue weighted by Gasteiger charge is -2.35. The van der Waals surface area contributed by atoms with Gasteiger partial charge in [-0.15, -0.1) is 0 Å². The minimum atomic E-state index is 0.820. The molecule has 1 aliphatic rings. The molecule has 0 aromatic heterocycles. The Morgan fingerprint density at radius 1 is 1.06 bits per heavy atom. The van der Waals surface area contributed by atoms with Gasteiger partial charge in [-0.3, -0.25) is 0 Å². The molecule has 0 saturated carbocycles. The van der Waals surface area contributed by atoms with Gasteiger partial charge in [-0.05, 0) is 38.1 Å². The Hall–Kier alpha value is -0.730. The van der Waals surface area contributed by atoms with E-state index in [1.54, 1.807) is 0 Å². The average molecular weight is 268 g/mol. The van der Waals surface area contributed by atoms with E-state index in [0.717, 1.165) is 11.6 Å². The minimum Gasteiger partial charge on any atom is -0.366 e. The number of rotatable bonds is 3. The molecule has 0 spiro atoms. The van der Waals surface area contributed by atoms with Crippen LogP contribution in [0.15, 0.2) is 24.3 Å². The maximum Gasteiger partial charge on any atom is 0.0964 e. The van der Waals surface area contributed by atoms with E-state index in [2.05, 4.69) is 30.9 Å². The summed E-state index contributed by atoms with van der Waals surface area (Å²) in [5.74, 6) is 0. The second-order valence-electron chi connectivity index (χ2n) is 5.24. The van der Waals surface area contributed by atoms with Crippen molar-refractivity contribution in [1.29, 1.82) is 0 Å². The van der Waals surface area contributed by atoms with Crippen LogP contribution in [-0.4, -0.2) is 43.8 Å². The summed E-state index contributed by atoms with van der Waals surface area (Å²) in [7, 11) is 0. The highest BCUT2D eigenvalue weighted by molar-refractivity contribution is 6.30. The third kappa shape index (κ3) is 2.99. The van der Waals surface area contributed by atoms with Crippen molar-refractivity contribution in [2.75, 3.05) is 44.2 Å². The van der Waals surface area contributed by atoms with Crippen LogP contribution >= 0.6 is 11.6 Å². The van der Waals surface area contributed by atoms with Crippen LogP contribution in [0.5, 0.6) is 0 Å². The SMILES string of the molecule is CC[N+]1(CC)CCCN(c2ccc(Cl)cc2)CC1. The first-order valence-corrected chi connectivity index (χ1v) is 7.42. The van der Waals surface area contributed by atoms with E-state index >= 15 is 0 Å². The molecular formula is C15H24ClN2+. The van der Waals surface area contributed by atoms with E-state index in [1.165, 1.54) is 49.3 Å². The Bertz CT molecular complexity index is 371. The molecule has 1 heterocycles. The van der Waals surface area contributed by atoms with Gasteiger partial charge in [-0.2, -0.15) is 0 Å². The summed E-state index contributed by atoms with van der Waals surface area (Å²) in [5.41, 5.74) is 1.31. The molecule has 0 unspecified atom stereocenters. The molecule has 0 N–H and O–H groups in total. The summed E-state index contributed by atoms with van der Waals surface area (Å²) >= 11 is 5.95. The number of quaternary nitrogens is 1. The van der Waals surface area contributed by atoms with Gasteiger partial charge >= 0.3 is 0 Å². The Kier molecular flexibility index (Phi) is 4.52. The fraction of sp³-hybridized carbons (Fsp3) is 0.600. The molecule has 100 valence electrons. The van der Waals surface area contributed by atoms with E-state index in [9.17, 15) is 0 Å². The van der Waals surface area contributed by atoms with Crippen LogP contribution in [0.2, 0.25) is 5.02 Å². The third-order valence-corrected chi connectivity index (χ3v) is 4.69. The number of nitrogens with zero attached hydrogens (tertiary/aromatic N) is 2. The summed E-state index contributed by atoms with van der Waals surface area (Å²) in [6.45, 7) is 12.1. The van der Waals surface area contributed by atoms with Crippen molar-refractivity contribution in [3.63, 3.8) is 0 Å². The zero-order valence-electron chi connectivity index (χ0n) is 11.5. The van der Waals surface area contributed by atoms with E-state index in [0.29, 0.717) is 0 Å². The van der Waals surface area contributed by atoms with E-state index in [4.69, 9.17) is 11.6 Å². The van der Waals surface area contributed by atoms with Crippen molar-refractivity contribution in [3.8, 4) is 0 Å². The average Bonchev–Trinajstić information content (AvgIpc) is 2.63. The summed E-state index contributed by atoms with van der Waals surface area (Å²) in [4.78, 5) is 2.50. The first-order valence-electron chi connectivity index (χ1n) is 7.05. The minimum absolute atomic E-state index is 0.820. The molecule has 0 aliphatic carbocycles. The van der Waals surface area contributed by atoms with Crippen LogP contribution in [-0.2, 0) is 0 Å². The molecule has 1 saturated heterocycles. The van der Waals surface area contributed by atoms with Crippen molar-refractivity contribution in [2.45, 2.75) is 20.3 Å². The first-order chi connectivity index (χ1) is 8.69. The smallest absolute Gasteiger partial charge is 0.0964 e. The molecule has 0 atom stereocenters. The summed E-state index contributed by atoms with van der Waals surface area (Å²) in [6, 6.07) is 8.26. The van der Waals surface area contributed by atoms with Crippen molar-refractivity contribution >= 4 is 17.3 Å². The molecule has 3 heteroatoms. The highest BCUT2D eigenvalue weighted by Gasteiger charge is 2.27. The van der Waals surface area contributed by atoms with E-state index in [-0.39, 0.29) is 0 Å². The molecular weight excluding hydrogens is 244 g/mol. The number of hydrogen-bond acceptors (Lipinski definition) is 1. The predicted octanol–water partition coefficient (Wildman–Crippen LogP) is 3.41. The summed E-state index contributed by atoms with van der Waals surface area (Å²) in [6.07, 6.45) is 1.28. The van der Waals surface area contributed by atoms with Crippen LogP contribution in [0, 0.1) is 0 Å². The van der Waals surface area contributed by atoms with Gasteiger partial charge in [0.05, 0.1) is 32.7 Å². The van der Waals surface area contributed by atoms with Gasteiger partial charge in [0.25, 0.3) is 0 Å². The topological polar surface area (TPSA) is 3.24 Å². The molecule has 18 heavy (non-hydrogen) atoms. The summed E-state index contributed by atoms with van der Waals surface area (Å²) < 4.78 is 1.27. The van der Waals surface area contributed by atoms with Crippen LogP contribution in [0.3, 0.4) is 0 Å². The standard InChI is InChI=1S/C15H24ClN2/c1-3-18(4-2)12-5-10-17(11-13-18)15-8-6-14(16)7-9-15/h6-9H,3-5,10-13H2,1-2H3/q+1. The second kappa shape index (κ2) is 5.94. The quantitative estimate of drug-likeness (QED) is 0.759. The fourth-order valence-electron chi connectivity index (χ4n) is 2.92. The zero-order valence-corrected chi connectivity index (χ0v) is 12.3. The van der Waals surface area contributed by atoms with E-state index < -0.39 is 0 Å². The third-order valence-electron chi connectivity index (χ3n) is 4.44. The van der Waals surface area contributed by atoms with Crippen molar-refractivity contribution in [2.24, 2.45) is 0 Å². The maximum atomic E-state index is 5.95. The van der Waals surface area contributed by atoms with Crippen molar-refractivity contribution in [1.82, 2.24) is 0 Å². The zero-order chi connectivity index (χ0) is 13.0. The lowest BCUT2D eigenvalue weighted by Crippen LogP contribution is -2.50. The molecule has 1 aromatic carbocycles. The normalized spacial score (nSPS) is 19.6. The van der Waals surface area contributed by atoms with Crippen LogP contribution in [0.1, 0.15) is 20.3 Å². The Labute approximate surface area is 116 Å². The second-order valence-corrected chi connectivity index (χ2v) is 5.67. The predicted molar refractivity (Wildman–Crippen MR) is 79.4 cm³/mol. The molecule has 1 fully saturated rings. The van der Waals surface area contributed by atoms with Gasteiger partial charge in [0.2, 0.25) is 0 Å². The molecule has 2 nitrogen and oxygen atoms in total. The number of likely N-dealkylation sites (N-methyl/N-ethyl adjacent to an activating group) is 1. The Morgan fingerprint density at radius 2 is 1.72 bits per heavy atom. The largest absolute Gasteiger partial charge is 0.366 e. The van der Waals surface area contributed by atoms with Gasteiger partial charge in [0.15, 0.2) is 0 Å². The fourth-order valence-corrected chi connectivity index (χ4v) is 3.05. The van der Waals surface area contributed by atoms with Crippen molar-refractivity contribution in [3.05, 3.63) is 29.3 Å². The number of hydrogen-bond donors (Lipinski definition) is 0. The number of halogens is 1. The van der Waals surface area contributed by atoms with Gasteiger partial charge in [-0.25, -0.2) is 0 Å². The lowest BCUT2D eigenvalue weighted by atomic mass is 10.2. The summed E-state index contributed by atoms with van der Waals surface area (Å²) in [5, 5.41) is 0.820. The van der Waals surface area contributed by atoms with Gasteiger partial charge in [0, 0.05) is 23.7 Å². The molecule has 2 rings (SSSR count). The molecule has 1 aromatic rings. The van der Waals surface area contributed by atoms with E-state index in [1.807, 2.05) is 12.1 Å². The van der Waals surface area contributed by atoms with Crippen LogP contribution < -0.4 is 4.90 Å². The Morgan fingerprint density at radius 3 is 2.33 bits per heavy atom. The first kappa shape index (κ1) is 13.7. The number of anilines is 1. The molecule has 1 aliphatic heterocycles. The maximum absolute atomic E-state index is 5.95. The van der Waals surface area contributed by atoms with Crippen LogP contribution in [0.25, 0.3) is 0 Å².